The molecule has 0 amide bonds. The zero-order valence-corrected chi connectivity index (χ0v) is 14.0. The second kappa shape index (κ2) is 6.99. The first-order chi connectivity index (χ1) is 9.11. The van der Waals surface area contributed by atoms with E-state index < -0.39 is 0 Å². The van der Waals surface area contributed by atoms with Crippen LogP contribution in [0, 0.1) is 11.8 Å². The van der Waals surface area contributed by atoms with E-state index in [0.29, 0.717) is 12.5 Å². The number of benzene rings is 1. The van der Waals surface area contributed by atoms with Crippen molar-refractivity contribution in [2.24, 2.45) is 11.8 Å². The molecule has 1 aliphatic rings. The number of hydrogen-bond donors (Lipinski definition) is 0. The largest absolute Gasteiger partial charge is 0.494 e. The molecule has 1 aromatic rings. The van der Waals surface area contributed by atoms with Gasteiger partial charge in [0.05, 0.1) is 12.0 Å². The molecule has 1 atom stereocenters. The number of alkyl halides is 1. The number of ether oxygens (including phenoxy) is 1. The summed E-state index contributed by atoms with van der Waals surface area (Å²) in [6.45, 7) is 5.03. The van der Waals surface area contributed by atoms with E-state index in [2.05, 4.69) is 28.9 Å². The van der Waals surface area contributed by atoms with E-state index in [1.54, 1.807) is 0 Å². The maximum Gasteiger partial charge on any atom is 0.124 e. The van der Waals surface area contributed by atoms with Crippen molar-refractivity contribution in [2.75, 3.05) is 6.61 Å². The first-order valence-electron chi connectivity index (χ1n) is 7.18. The Balaban J connectivity index is 2.17. The smallest absolute Gasteiger partial charge is 0.124 e. The predicted octanol–water partition coefficient (Wildman–Crippen LogP) is 5.95. The average Bonchev–Trinajstić information content (AvgIpc) is 2.41. The summed E-state index contributed by atoms with van der Waals surface area (Å²) in [5, 5.41) is 0.0616. The summed E-state index contributed by atoms with van der Waals surface area (Å²) in [5.74, 6) is 2.37. The highest BCUT2D eigenvalue weighted by Crippen LogP contribution is 2.43. The van der Waals surface area contributed by atoms with Gasteiger partial charge in [-0.1, -0.05) is 35.7 Å². The third-order valence-electron chi connectivity index (χ3n) is 4.04. The Kier molecular flexibility index (Phi) is 5.58. The zero-order valence-electron chi connectivity index (χ0n) is 11.7. The highest BCUT2D eigenvalue weighted by Gasteiger charge is 2.27. The van der Waals surface area contributed by atoms with Gasteiger partial charge in [-0.25, -0.2) is 0 Å². The standard InChI is InChI=1S/C16H22BrClO/c1-3-19-15-9-8-13(17)10-14(15)16(18)12-6-4-11(2)5-7-12/h8-12,16H,3-7H2,1-2H3. The van der Waals surface area contributed by atoms with E-state index in [4.69, 9.17) is 16.3 Å². The van der Waals surface area contributed by atoms with Gasteiger partial charge in [-0.2, -0.15) is 0 Å². The maximum atomic E-state index is 6.74. The quantitative estimate of drug-likeness (QED) is 0.612. The monoisotopic (exact) mass is 344 g/mol. The van der Waals surface area contributed by atoms with Crippen molar-refractivity contribution in [2.45, 2.75) is 44.9 Å². The van der Waals surface area contributed by atoms with Gasteiger partial charge in [0.15, 0.2) is 0 Å². The number of halogens is 2. The molecular weight excluding hydrogens is 324 g/mol. The lowest BCUT2D eigenvalue weighted by Gasteiger charge is -2.30. The molecule has 106 valence electrons. The first-order valence-corrected chi connectivity index (χ1v) is 8.41. The summed E-state index contributed by atoms with van der Waals surface area (Å²) < 4.78 is 6.79. The van der Waals surface area contributed by atoms with Crippen LogP contribution < -0.4 is 4.74 Å². The first kappa shape index (κ1) is 15.2. The van der Waals surface area contributed by atoms with Crippen LogP contribution in [0.5, 0.6) is 5.75 Å². The van der Waals surface area contributed by atoms with Crippen LogP contribution in [-0.4, -0.2) is 6.61 Å². The van der Waals surface area contributed by atoms with Crippen LogP contribution in [0.2, 0.25) is 0 Å². The molecule has 2 rings (SSSR count). The minimum Gasteiger partial charge on any atom is -0.494 e. The van der Waals surface area contributed by atoms with Crippen LogP contribution in [0.4, 0.5) is 0 Å². The van der Waals surface area contributed by atoms with E-state index in [-0.39, 0.29) is 5.38 Å². The average molecular weight is 346 g/mol. The second-order valence-corrected chi connectivity index (χ2v) is 6.92. The van der Waals surface area contributed by atoms with Gasteiger partial charge in [-0.15, -0.1) is 11.6 Å². The van der Waals surface area contributed by atoms with Crippen molar-refractivity contribution in [3.63, 3.8) is 0 Å². The fourth-order valence-electron chi connectivity index (χ4n) is 2.85. The molecule has 0 heterocycles. The molecule has 3 heteroatoms. The van der Waals surface area contributed by atoms with Gasteiger partial charge in [0.25, 0.3) is 0 Å². The van der Waals surface area contributed by atoms with Gasteiger partial charge < -0.3 is 4.74 Å². The van der Waals surface area contributed by atoms with Crippen LogP contribution in [-0.2, 0) is 0 Å². The molecule has 1 nitrogen and oxygen atoms in total. The number of rotatable bonds is 4. The SMILES string of the molecule is CCOc1ccc(Br)cc1C(Cl)C1CCC(C)CC1. The Morgan fingerprint density at radius 2 is 2.00 bits per heavy atom. The minimum absolute atomic E-state index is 0.0616. The predicted molar refractivity (Wildman–Crippen MR) is 85.0 cm³/mol. The van der Waals surface area contributed by atoms with Crippen LogP contribution in [0.3, 0.4) is 0 Å². The Morgan fingerprint density at radius 1 is 1.32 bits per heavy atom. The van der Waals surface area contributed by atoms with E-state index in [1.165, 1.54) is 25.7 Å². The number of hydrogen-bond acceptors (Lipinski definition) is 1. The maximum absolute atomic E-state index is 6.74. The van der Waals surface area contributed by atoms with Crippen LogP contribution in [0.1, 0.15) is 50.5 Å². The third-order valence-corrected chi connectivity index (χ3v) is 5.13. The van der Waals surface area contributed by atoms with Gasteiger partial charge in [0.2, 0.25) is 0 Å². The van der Waals surface area contributed by atoms with Crippen molar-refractivity contribution < 1.29 is 4.74 Å². The van der Waals surface area contributed by atoms with Crippen molar-refractivity contribution in [1.29, 1.82) is 0 Å². The highest BCUT2D eigenvalue weighted by molar-refractivity contribution is 9.10. The fraction of sp³-hybridized carbons (Fsp3) is 0.625. The molecule has 1 aliphatic carbocycles. The summed E-state index contributed by atoms with van der Waals surface area (Å²) in [7, 11) is 0. The van der Waals surface area contributed by atoms with Gasteiger partial charge in [-0.05, 0) is 49.8 Å². The van der Waals surface area contributed by atoms with E-state index in [1.807, 2.05) is 19.1 Å². The van der Waals surface area contributed by atoms with Crippen molar-refractivity contribution in [3.8, 4) is 5.75 Å². The second-order valence-electron chi connectivity index (χ2n) is 5.54. The lowest BCUT2D eigenvalue weighted by Crippen LogP contribution is -2.17. The molecule has 1 unspecified atom stereocenters. The van der Waals surface area contributed by atoms with Crippen LogP contribution >= 0.6 is 27.5 Å². The molecule has 19 heavy (non-hydrogen) atoms. The molecule has 0 aliphatic heterocycles. The molecule has 1 aromatic carbocycles. The molecule has 0 radical (unpaired) electrons. The fourth-order valence-corrected chi connectivity index (χ4v) is 3.66. The normalized spacial score (nSPS) is 25.1. The Hall–Kier alpha value is -0.210. The third kappa shape index (κ3) is 3.88. The summed E-state index contributed by atoms with van der Waals surface area (Å²) in [6, 6.07) is 6.14. The van der Waals surface area contributed by atoms with Gasteiger partial charge >= 0.3 is 0 Å². The summed E-state index contributed by atoms with van der Waals surface area (Å²) >= 11 is 10.3. The Bertz CT molecular complexity index is 413. The molecule has 0 N–H and O–H groups in total. The molecule has 0 aromatic heterocycles. The van der Waals surface area contributed by atoms with Crippen molar-refractivity contribution >= 4 is 27.5 Å². The molecule has 0 spiro atoms. The van der Waals surface area contributed by atoms with Gasteiger partial charge in [-0.3, -0.25) is 0 Å². The molecule has 1 fully saturated rings. The Morgan fingerprint density at radius 3 is 2.63 bits per heavy atom. The van der Waals surface area contributed by atoms with Gasteiger partial charge in [0.1, 0.15) is 5.75 Å². The summed E-state index contributed by atoms with van der Waals surface area (Å²) in [4.78, 5) is 0. The summed E-state index contributed by atoms with van der Waals surface area (Å²) in [6.07, 6.45) is 5.05. The van der Waals surface area contributed by atoms with Gasteiger partial charge in [0, 0.05) is 10.0 Å². The molecule has 0 bridgehead atoms. The van der Waals surface area contributed by atoms with Crippen molar-refractivity contribution in [3.05, 3.63) is 28.2 Å². The zero-order chi connectivity index (χ0) is 13.8. The van der Waals surface area contributed by atoms with E-state index in [9.17, 15) is 0 Å². The highest BCUT2D eigenvalue weighted by atomic mass is 79.9. The molecular formula is C16H22BrClO. The molecule has 1 saturated carbocycles. The minimum atomic E-state index is 0.0616. The Labute approximate surface area is 129 Å². The lowest BCUT2D eigenvalue weighted by molar-refractivity contribution is 0.277. The van der Waals surface area contributed by atoms with E-state index in [0.717, 1.165) is 21.7 Å². The summed E-state index contributed by atoms with van der Waals surface area (Å²) in [5.41, 5.74) is 1.14. The van der Waals surface area contributed by atoms with Crippen LogP contribution in [0.15, 0.2) is 22.7 Å². The van der Waals surface area contributed by atoms with Crippen LogP contribution in [0.25, 0.3) is 0 Å². The van der Waals surface area contributed by atoms with E-state index >= 15 is 0 Å². The topological polar surface area (TPSA) is 9.23 Å². The lowest BCUT2D eigenvalue weighted by atomic mass is 9.79. The molecule has 0 saturated heterocycles. The van der Waals surface area contributed by atoms with Crippen molar-refractivity contribution in [1.82, 2.24) is 0 Å².